The highest BCUT2D eigenvalue weighted by Gasteiger charge is 2.10. The van der Waals surface area contributed by atoms with E-state index in [1.807, 2.05) is 6.07 Å². The summed E-state index contributed by atoms with van der Waals surface area (Å²) in [4.78, 5) is 7.21. The van der Waals surface area contributed by atoms with E-state index in [0.29, 0.717) is 4.47 Å². The number of nitrogens with one attached hydrogen (secondary N) is 1. The Labute approximate surface area is 93.3 Å². The number of hydrogen-bond acceptors (Lipinski definition) is 1. The minimum Gasteiger partial charge on any atom is -0.353 e. The quantitative estimate of drug-likeness (QED) is 0.660. The summed E-state index contributed by atoms with van der Waals surface area (Å²) >= 11 is 3.27. The predicted molar refractivity (Wildman–Crippen MR) is 61.3 cm³/mol. The van der Waals surface area contributed by atoms with Crippen LogP contribution in [0.3, 0.4) is 0 Å². The van der Waals surface area contributed by atoms with Gasteiger partial charge in [0.2, 0.25) is 0 Å². The maximum Gasteiger partial charge on any atom is 0.138 e. The van der Waals surface area contributed by atoms with Gasteiger partial charge < -0.3 is 4.98 Å². The van der Waals surface area contributed by atoms with E-state index >= 15 is 0 Å². The largest absolute Gasteiger partial charge is 0.353 e. The Bertz CT molecular complexity index is 660. The van der Waals surface area contributed by atoms with Crippen LogP contribution in [0.2, 0.25) is 0 Å². The second-order valence-electron chi connectivity index (χ2n) is 3.33. The van der Waals surface area contributed by atoms with Crippen molar-refractivity contribution in [2.45, 2.75) is 0 Å². The Morgan fingerprint density at radius 1 is 1.20 bits per heavy atom. The lowest BCUT2D eigenvalue weighted by molar-refractivity contribution is 0.623. The number of aromatic nitrogens is 2. The molecule has 4 heteroatoms. The van der Waals surface area contributed by atoms with Gasteiger partial charge in [0.05, 0.1) is 16.2 Å². The lowest BCUT2D eigenvalue weighted by Gasteiger charge is -1.96. The molecule has 0 radical (unpaired) electrons. The van der Waals surface area contributed by atoms with Crippen molar-refractivity contribution >= 4 is 37.7 Å². The molecule has 1 aromatic carbocycles. The van der Waals surface area contributed by atoms with E-state index in [2.05, 4.69) is 25.9 Å². The average Bonchev–Trinajstić information content (AvgIpc) is 2.62. The van der Waals surface area contributed by atoms with Gasteiger partial charge in [-0.15, -0.1) is 0 Å². The molecule has 3 rings (SSSR count). The first kappa shape index (κ1) is 8.85. The molecule has 0 aliphatic rings. The van der Waals surface area contributed by atoms with Crippen molar-refractivity contribution in [2.75, 3.05) is 0 Å². The lowest BCUT2D eigenvalue weighted by atomic mass is 10.2. The number of pyridine rings is 1. The Hall–Kier alpha value is -1.42. The van der Waals surface area contributed by atoms with Gasteiger partial charge in [-0.05, 0) is 34.1 Å². The van der Waals surface area contributed by atoms with Crippen LogP contribution in [-0.4, -0.2) is 9.97 Å². The van der Waals surface area contributed by atoms with Crippen molar-refractivity contribution in [1.29, 1.82) is 0 Å². The molecule has 0 saturated heterocycles. The van der Waals surface area contributed by atoms with Crippen LogP contribution in [-0.2, 0) is 0 Å². The molecular weight excluding hydrogens is 259 g/mol. The smallest absolute Gasteiger partial charge is 0.138 e. The summed E-state index contributed by atoms with van der Waals surface area (Å²) in [5.41, 5.74) is 1.82. The van der Waals surface area contributed by atoms with Crippen molar-refractivity contribution in [3.8, 4) is 0 Å². The maximum atomic E-state index is 13.4. The van der Waals surface area contributed by atoms with E-state index in [9.17, 15) is 4.39 Å². The highest BCUT2D eigenvalue weighted by atomic mass is 79.9. The Balaban J connectivity index is 2.63. The molecule has 0 amide bonds. The molecule has 0 saturated carbocycles. The fourth-order valence-corrected chi connectivity index (χ4v) is 2.33. The second-order valence-corrected chi connectivity index (χ2v) is 4.12. The topological polar surface area (TPSA) is 28.7 Å². The van der Waals surface area contributed by atoms with E-state index in [0.717, 1.165) is 21.8 Å². The average molecular weight is 265 g/mol. The van der Waals surface area contributed by atoms with Gasteiger partial charge in [0.25, 0.3) is 0 Å². The van der Waals surface area contributed by atoms with Crippen LogP contribution in [0.1, 0.15) is 0 Å². The van der Waals surface area contributed by atoms with Gasteiger partial charge >= 0.3 is 0 Å². The first-order valence-electron chi connectivity index (χ1n) is 4.47. The van der Waals surface area contributed by atoms with Gasteiger partial charge in [0.1, 0.15) is 5.82 Å². The number of halogens is 2. The fourth-order valence-electron chi connectivity index (χ4n) is 1.78. The Morgan fingerprint density at radius 2 is 2.07 bits per heavy atom. The van der Waals surface area contributed by atoms with Crippen LogP contribution in [0.4, 0.5) is 4.39 Å². The van der Waals surface area contributed by atoms with E-state index in [1.165, 1.54) is 6.07 Å². The molecule has 2 heterocycles. The molecule has 2 nitrogen and oxygen atoms in total. The number of benzene rings is 1. The van der Waals surface area contributed by atoms with Gasteiger partial charge in [0, 0.05) is 22.5 Å². The van der Waals surface area contributed by atoms with Gasteiger partial charge in [0.15, 0.2) is 0 Å². The molecule has 3 aromatic rings. The van der Waals surface area contributed by atoms with Crippen LogP contribution in [0.5, 0.6) is 0 Å². The second kappa shape index (κ2) is 3.03. The Morgan fingerprint density at radius 3 is 2.93 bits per heavy atom. The SMILES string of the molecule is Fc1ccc2[nH]c3cnccc3c2c1Br. The normalized spacial score (nSPS) is 11.3. The van der Waals surface area contributed by atoms with Gasteiger partial charge in [-0.1, -0.05) is 0 Å². The molecule has 0 unspecified atom stereocenters. The van der Waals surface area contributed by atoms with Crippen molar-refractivity contribution < 1.29 is 4.39 Å². The van der Waals surface area contributed by atoms with Crippen LogP contribution in [0, 0.1) is 5.82 Å². The minimum absolute atomic E-state index is 0.250. The first-order valence-corrected chi connectivity index (χ1v) is 5.26. The molecule has 1 N–H and O–H groups in total. The summed E-state index contributed by atoms with van der Waals surface area (Å²) in [6.45, 7) is 0. The summed E-state index contributed by atoms with van der Waals surface area (Å²) in [5, 5.41) is 1.85. The van der Waals surface area contributed by atoms with Gasteiger partial charge in [-0.3, -0.25) is 4.98 Å². The zero-order chi connectivity index (χ0) is 10.4. The molecule has 2 aromatic heterocycles. The molecule has 74 valence electrons. The third-order valence-corrected chi connectivity index (χ3v) is 3.23. The summed E-state index contributed by atoms with van der Waals surface area (Å²) in [6, 6.07) is 5.04. The van der Waals surface area contributed by atoms with Crippen molar-refractivity contribution in [3.05, 3.63) is 40.9 Å². The highest BCUT2D eigenvalue weighted by Crippen LogP contribution is 2.32. The predicted octanol–water partition coefficient (Wildman–Crippen LogP) is 3.62. The molecule has 0 spiro atoms. The van der Waals surface area contributed by atoms with E-state index in [-0.39, 0.29) is 5.82 Å². The number of H-pyrrole nitrogens is 1. The molecule has 0 atom stereocenters. The fraction of sp³-hybridized carbons (Fsp3) is 0. The number of hydrogen-bond donors (Lipinski definition) is 1. The van der Waals surface area contributed by atoms with Crippen LogP contribution >= 0.6 is 15.9 Å². The van der Waals surface area contributed by atoms with Crippen molar-refractivity contribution in [1.82, 2.24) is 9.97 Å². The zero-order valence-corrected chi connectivity index (χ0v) is 9.18. The molecule has 0 aliphatic carbocycles. The number of aromatic amines is 1. The zero-order valence-electron chi connectivity index (χ0n) is 7.59. The molecular formula is C11H6BrFN2. The monoisotopic (exact) mass is 264 g/mol. The standard InChI is InChI=1S/C11H6BrFN2/c12-11-7(13)1-2-8-10(11)6-3-4-14-5-9(6)15-8/h1-5,15H. The molecule has 15 heavy (non-hydrogen) atoms. The van der Waals surface area contributed by atoms with Crippen molar-refractivity contribution in [3.63, 3.8) is 0 Å². The van der Waals surface area contributed by atoms with Crippen LogP contribution in [0.25, 0.3) is 21.8 Å². The number of fused-ring (bicyclic) bond motifs is 3. The third kappa shape index (κ3) is 1.18. The summed E-state index contributed by atoms with van der Waals surface area (Å²) in [5.74, 6) is -0.250. The van der Waals surface area contributed by atoms with Gasteiger partial charge in [-0.25, -0.2) is 4.39 Å². The molecule has 0 bridgehead atoms. The van der Waals surface area contributed by atoms with Crippen LogP contribution in [0.15, 0.2) is 35.1 Å². The first-order chi connectivity index (χ1) is 7.27. The highest BCUT2D eigenvalue weighted by molar-refractivity contribution is 9.10. The molecule has 0 aliphatic heterocycles. The van der Waals surface area contributed by atoms with Crippen molar-refractivity contribution in [2.24, 2.45) is 0 Å². The summed E-state index contributed by atoms with van der Waals surface area (Å²) in [7, 11) is 0. The molecule has 0 fully saturated rings. The maximum absolute atomic E-state index is 13.4. The summed E-state index contributed by atoms with van der Waals surface area (Å²) in [6.07, 6.45) is 3.44. The van der Waals surface area contributed by atoms with E-state index in [4.69, 9.17) is 0 Å². The number of rotatable bonds is 0. The summed E-state index contributed by atoms with van der Waals surface area (Å²) < 4.78 is 13.9. The lowest BCUT2D eigenvalue weighted by Crippen LogP contribution is -1.77. The minimum atomic E-state index is -0.250. The van der Waals surface area contributed by atoms with E-state index in [1.54, 1.807) is 18.5 Å². The number of nitrogens with zero attached hydrogens (tertiary/aromatic N) is 1. The van der Waals surface area contributed by atoms with Gasteiger partial charge in [-0.2, -0.15) is 0 Å². The Kier molecular flexibility index (Phi) is 1.79. The third-order valence-electron chi connectivity index (χ3n) is 2.45. The van der Waals surface area contributed by atoms with E-state index < -0.39 is 0 Å². The van der Waals surface area contributed by atoms with Crippen LogP contribution < -0.4 is 0 Å².